The van der Waals surface area contributed by atoms with Crippen molar-refractivity contribution in [1.82, 2.24) is 10.6 Å². The average molecular weight is 539 g/mol. The molecule has 10 heteroatoms. The van der Waals surface area contributed by atoms with E-state index in [0.717, 1.165) is 5.56 Å². The molecule has 0 aromatic heterocycles. The molecule has 0 unspecified atom stereocenters. The van der Waals surface area contributed by atoms with Crippen molar-refractivity contribution in [3.05, 3.63) is 85.0 Å². The molecule has 2 aromatic rings. The summed E-state index contributed by atoms with van der Waals surface area (Å²) in [6.45, 7) is 8.47. The molecule has 0 bridgehead atoms. The smallest absolute Gasteiger partial charge is 0.412 e. The number of amides is 2. The number of benzene rings is 2. The van der Waals surface area contributed by atoms with E-state index in [4.69, 9.17) is 18.9 Å². The Morgan fingerprint density at radius 2 is 1.31 bits per heavy atom. The minimum Gasteiger partial charge on any atom is -0.461 e. The molecule has 0 aliphatic rings. The summed E-state index contributed by atoms with van der Waals surface area (Å²) in [7, 11) is 0. The van der Waals surface area contributed by atoms with Gasteiger partial charge in [0.15, 0.2) is 5.78 Å². The fourth-order valence-electron chi connectivity index (χ4n) is 3.13. The fraction of sp³-hybridized carbons (Fsp3) is 0.310. The highest BCUT2D eigenvalue weighted by atomic mass is 16.6. The van der Waals surface area contributed by atoms with Crippen LogP contribution < -0.4 is 20.1 Å². The van der Waals surface area contributed by atoms with Gasteiger partial charge < -0.3 is 29.6 Å². The molecule has 2 aromatic carbocycles. The van der Waals surface area contributed by atoms with Crippen LogP contribution >= 0.6 is 0 Å². The zero-order valence-corrected chi connectivity index (χ0v) is 21.8. The van der Waals surface area contributed by atoms with Crippen molar-refractivity contribution in [1.29, 1.82) is 0 Å². The Balaban J connectivity index is 1.58. The van der Waals surface area contributed by atoms with Gasteiger partial charge >= 0.3 is 18.2 Å². The Hall–Kier alpha value is -4.44. The first-order valence-corrected chi connectivity index (χ1v) is 12.5. The summed E-state index contributed by atoms with van der Waals surface area (Å²) in [5.74, 6) is 0.284. The lowest BCUT2D eigenvalue weighted by Gasteiger charge is -2.09. The lowest BCUT2D eigenvalue weighted by molar-refractivity contribution is -0.142. The van der Waals surface area contributed by atoms with Crippen LogP contribution in [0.1, 0.15) is 35.2 Å². The second-order valence-corrected chi connectivity index (χ2v) is 8.16. The molecule has 0 saturated heterocycles. The van der Waals surface area contributed by atoms with E-state index in [1.165, 1.54) is 6.08 Å². The molecule has 0 saturated carbocycles. The minimum atomic E-state index is -0.650. The van der Waals surface area contributed by atoms with Gasteiger partial charge in [0.05, 0.1) is 13.2 Å². The number of carbonyl (C=O) groups excluding carboxylic acids is 4. The maximum atomic E-state index is 12.1. The van der Waals surface area contributed by atoms with Gasteiger partial charge in [-0.2, -0.15) is 0 Å². The van der Waals surface area contributed by atoms with Gasteiger partial charge in [-0.15, -0.1) is 6.58 Å². The summed E-state index contributed by atoms with van der Waals surface area (Å²) in [5.41, 5.74) is 1.41. The van der Waals surface area contributed by atoms with Crippen LogP contribution in [0.25, 0.3) is 0 Å². The molecule has 2 N–H and O–H groups in total. The molecule has 10 nitrogen and oxygen atoms in total. The van der Waals surface area contributed by atoms with Gasteiger partial charge in [-0.3, -0.25) is 9.59 Å². The molecule has 39 heavy (non-hydrogen) atoms. The summed E-state index contributed by atoms with van der Waals surface area (Å²) >= 11 is 0. The van der Waals surface area contributed by atoms with Crippen LogP contribution in [0.2, 0.25) is 0 Å². The largest absolute Gasteiger partial charge is 0.461 e. The van der Waals surface area contributed by atoms with Crippen molar-refractivity contribution in [2.24, 2.45) is 0 Å². The zero-order valence-electron chi connectivity index (χ0n) is 21.8. The van der Waals surface area contributed by atoms with Gasteiger partial charge in [-0.25, -0.2) is 9.59 Å². The Labute approximate surface area is 228 Å². The summed E-state index contributed by atoms with van der Waals surface area (Å²) in [5, 5.41) is 5.19. The minimum absolute atomic E-state index is 0.0724. The monoisotopic (exact) mass is 538 g/mol. The van der Waals surface area contributed by atoms with Gasteiger partial charge in [-0.1, -0.05) is 30.9 Å². The third-order valence-corrected chi connectivity index (χ3v) is 5.10. The molecule has 0 fully saturated rings. The van der Waals surface area contributed by atoms with Crippen molar-refractivity contribution in [2.45, 2.75) is 25.7 Å². The van der Waals surface area contributed by atoms with E-state index in [0.29, 0.717) is 43.1 Å². The molecular formula is C29H34N2O8. The van der Waals surface area contributed by atoms with Crippen LogP contribution in [0.5, 0.6) is 11.5 Å². The number of Topliss-reactive ketones (excluding diaryl/α,β-unsaturated/α-hetero) is 1. The normalized spacial score (nSPS) is 10.2. The standard InChI is InChI=1S/C29H34N2O8/c1-3-19-36-21-16-26(32)23-9-13-25(14-10-23)39-29(35)31-18-5-17-30-28(34)38-24-11-6-22(7-12-24)8-15-27(33)37-20-4-2/h3-4,6-7,9-14H,1-2,5,8,15-21H2,(H,30,34)(H,31,35). The Kier molecular flexibility index (Phi) is 14.1. The van der Waals surface area contributed by atoms with Crippen molar-refractivity contribution in [3.63, 3.8) is 0 Å². The molecule has 0 aliphatic heterocycles. The topological polar surface area (TPSA) is 129 Å². The van der Waals surface area contributed by atoms with Crippen LogP contribution in [-0.4, -0.2) is 56.8 Å². The number of esters is 1. The summed E-state index contributed by atoms with van der Waals surface area (Å²) in [6.07, 6.45) is 3.31. The number of nitrogens with one attached hydrogen (secondary N) is 2. The van der Waals surface area contributed by atoms with Crippen molar-refractivity contribution in [2.75, 3.05) is 32.9 Å². The van der Waals surface area contributed by atoms with Crippen molar-refractivity contribution < 1.29 is 38.1 Å². The van der Waals surface area contributed by atoms with Crippen molar-refractivity contribution in [3.8, 4) is 11.5 Å². The molecule has 2 rings (SSSR count). The van der Waals surface area contributed by atoms with Gasteiger partial charge in [0, 0.05) is 31.5 Å². The average Bonchev–Trinajstić information content (AvgIpc) is 2.94. The van der Waals surface area contributed by atoms with Gasteiger partial charge in [-0.05, 0) is 54.8 Å². The number of ketones is 1. The third kappa shape index (κ3) is 13.1. The second kappa shape index (κ2) is 17.9. The van der Waals surface area contributed by atoms with Gasteiger partial charge in [0.2, 0.25) is 0 Å². The van der Waals surface area contributed by atoms with E-state index in [1.54, 1.807) is 54.6 Å². The number of carbonyl (C=O) groups is 4. The van der Waals surface area contributed by atoms with E-state index < -0.39 is 12.2 Å². The van der Waals surface area contributed by atoms with E-state index in [2.05, 4.69) is 23.8 Å². The lowest BCUT2D eigenvalue weighted by atomic mass is 10.1. The van der Waals surface area contributed by atoms with Crippen LogP contribution in [-0.2, 0) is 20.7 Å². The Morgan fingerprint density at radius 3 is 1.87 bits per heavy atom. The van der Waals surface area contributed by atoms with E-state index in [1.807, 2.05) is 0 Å². The third-order valence-electron chi connectivity index (χ3n) is 5.10. The quantitative estimate of drug-likeness (QED) is 0.131. The van der Waals surface area contributed by atoms with Gasteiger partial charge in [0.25, 0.3) is 0 Å². The van der Waals surface area contributed by atoms with Crippen molar-refractivity contribution >= 4 is 23.9 Å². The highest BCUT2D eigenvalue weighted by molar-refractivity contribution is 5.96. The maximum absolute atomic E-state index is 12.1. The second-order valence-electron chi connectivity index (χ2n) is 8.16. The molecule has 0 atom stereocenters. The van der Waals surface area contributed by atoms with Gasteiger partial charge in [0.1, 0.15) is 18.1 Å². The number of ether oxygens (including phenoxy) is 4. The molecule has 0 spiro atoms. The maximum Gasteiger partial charge on any atom is 0.412 e. The number of hydrogen-bond acceptors (Lipinski definition) is 8. The summed E-state index contributed by atoms with van der Waals surface area (Å²) < 4.78 is 20.5. The summed E-state index contributed by atoms with van der Waals surface area (Å²) in [4.78, 5) is 47.6. The molecule has 0 aliphatic carbocycles. The molecule has 0 heterocycles. The zero-order chi connectivity index (χ0) is 28.3. The molecule has 2 amide bonds. The van der Waals surface area contributed by atoms with Crippen LogP contribution in [0, 0.1) is 0 Å². The van der Waals surface area contributed by atoms with Crippen LogP contribution in [0.4, 0.5) is 9.59 Å². The fourth-order valence-corrected chi connectivity index (χ4v) is 3.13. The summed E-state index contributed by atoms with van der Waals surface area (Å²) in [6, 6.07) is 13.1. The highest BCUT2D eigenvalue weighted by Crippen LogP contribution is 2.15. The highest BCUT2D eigenvalue weighted by Gasteiger charge is 2.09. The van der Waals surface area contributed by atoms with E-state index in [-0.39, 0.29) is 44.3 Å². The van der Waals surface area contributed by atoms with E-state index in [9.17, 15) is 19.2 Å². The Morgan fingerprint density at radius 1 is 0.744 bits per heavy atom. The lowest BCUT2D eigenvalue weighted by Crippen LogP contribution is -2.32. The van der Waals surface area contributed by atoms with Crippen LogP contribution in [0.15, 0.2) is 73.8 Å². The number of rotatable bonds is 17. The first kappa shape index (κ1) is 30.8. The number of hydrogen-bond donors (Lipinski definition) is 2. The first-order valence-electron chi connectivity index (χ1n) is 12.5. The predicted octanol–water partition coefficient (Wildman–Crippen LogP) is 4.39. The predicted molar refractivity (Wildman–Crippen MR) is 145 cm³/mol. The number of aryl methyl sites for hydroxylation is 1. The molecule has 208 valence electrons. The van der Waals surface area contributed by atoms with E-state index >= 15 is 0 Å². The first-order chi connectivity index (χ1) is 18.9. The Bertz CT molecular complexity index is 1100. The molecule has 0 radical (unpaired) electrons. The van der Waals surface area contributed by atoms with Crippen LogP contribution in [0.3, 0.4) is 0 Å². The molecular weight excluding hydrogens is 504 g/mol. The SMILES string of the molecule is C=CCOCCC(=O)c1ccc(OC(=O)NCCCNC(=O)Oc2ccc(CCC(=O)OCC=C)cc2)cc1.